The lowest BCUT2D eigenvalue weighted by atomic mass is 9.98. The molecule has 1 fully saturated rings. The molecule has 0 amide bonds. The Kier molecular flexibility index (Phi) is 3.71. The molecule has 3 N–H and O–H groups in total. The van der Waals surface area contributed by atoms with Crippen molar-refractivity contribution in [3.8, 4) is 0 Å². The third kappa shape index (κ3) is 3.63. The lowest BCUT2D eigenvalue weighted by Crippen LogP contribution is -2.53. The summed E-state index contributed by atoms with van der Waals surface area (Å²) in [4.78, 5) is 0. The molecule has 0 radical (unpaired) electrons. The molecule has 0 aromatic rings. The van der Waals surface area contributed by atoms with E-state index in [-0.39, 0.29) is 6.04 Å². The largest absolute Gasteiger partial charge is 0.389 e. The van der Waals surface area contributed by atoms with E-state index in [1.165, 1.54) is 12.8 Å². The zero-order valence-corrected chi connectivity index (χ0v) is 8.93. The molecule has 0 aromatic heterocycles. The Morgan fingerprint density at radius 3 is 2.69 bits per heavy atom. The van der Waals surface area contributed by atoms with E-state index >= 15 is 0 Å². The van der Waals surface area contributed by atoms with Crippen LogP contribution in [0.2, 0.25) is 0 Å². The summed E-state index contributed by atoms with van der Waals surface area (Å²) in [7, 11) is 0. The van der Waals surface area contributed by atoms with E-state index in [1.54, 1.807) is 0 Å². The van der Waals surface area contributed by atoms with Crippen molar-refractivity contribution >= 4 is 0 Å². The van der Waals surface area contributed by atoms with Crippen molar-refractivity contribution in [1.29, 1.82) is 0 Å². The predicted octanol–water partition coefficient (Wildman–Crippen LogP) is 0.487. The number of piperidine rings is 1. The highest BCUT2D eigenvalue weighted by molar-refractivity contribution is 4.85. The maximum absolute atomic E-state index is 9.73. The van der Waals surface area contributed by atoms with Crippen LogP contribution in [0, 0.1) is 0 Å². The quantitative estimate of drug-likeness (QED) is 0.601. The second kappa shape index (κ2) is 4.40. The number of rotatable bonds is 3. The number of aliphatic hydroxyl groups is 1. The smallest absolute Gasteiger partial charge is 0.0741 e. The fraction of sp³-hybridized carbons (Fsp3) is 1.00. The Morgan fingerprint density at radius 2 is 2.23 bits per heavy atom. The van der Waals surface area contributed by atoms with Crippen LogP contribution in [0.15, 0.2) is 0 Å². The van der Waals surface area contributed by atoms with Gasteiger partial charge in [0.05, 0.1) is 5.60 Å². The third-order valence-corrected chi connectivity index (χ3v) is 2.84. The first-order valence-corrected chi connectivity index (χ1v) is 5.19. The molecule has 1 saturated heterocycles. The summed E-state index contributed by atoms with van der Waals surface area (Å²) in [5, 5.41) is 16.5. The van der Waals surface area contributed by atoms with Crippen LogP contribution in [0.25, 0.3) is 0 Å². The van der Waals surface area contributed by atoms with Crippen LogP contribution in [-0.4, -0.2) is 35.9 Å². The standard InChI is InChI=1S/C10H22N2O/c1-8(10(2,3)13)12-9-5-4-6-11-7-9/h8-9,11-13H,4-7H2,1-3H3. The summed E-state index contributed by atoms with van der Waals surface area (Å²) in [5.41, 5.74) is -0.628. The normalized spacial score (nSPS) is 27.2. The number of nitrogens with one attached hydrogen (secondary N) is 2. The Bertz CT molecular complexity index is 147. The van der Waals surface area contributed by atoms with Gasteiger partial charge in [-0.25, -0.2) is 0 Å². The topological polar surface area (TPSA) is 44.3 Å². The Morgan fingerprint density at radius 1 is 1.54 bits per heavy atom. The number of hydrogen-bond acceptors (Lipinski definition) is 3. The van der Waals surface area contributed by atoms with Gasteiger partial charge in [0.25, 0.3) is 0 Å². The average molecular weight is 186 g/mol. The van der Waals surface area contributed by atoms with E-state index in [4.69, 9.17) is 0 Å². The van der Waals surface area contributed by atoms with E-state index in [2.05, 4.69) is 10.6 Å². The monoisotopic (exact) mass is 186 g/mol. The second-order valence-corrected chi connectivity index (χ2v) is 4.59. The molecule has 1 rings (SSSR count). The molecule has 0 saturated carbocycles. The Balaban J connectivity index is 2.30. The average Bonchev–Trinajstić information content (AvgIpc) is 2.04. The highest BCUT2D eigenvalue weighted by Gasteiger charge is 2.25. The van der Waals surface area contributed by atoms with Crippen LogP contribution in [0.5, 0.6) is 0 Å². The van der Waals surface area contributed by atoms with Gasteiger partial charge in [-0.2, -0.15) is 0 Å². The Hall–Kier alpha value is -0.120. The van der Waals surface area contributed by atoms with Crippen LogP contribution in [0.1, 0.15) is 33.6 Å². The highest BCUT2D eigenvalue weighted by Crippen LogP contribution is 2.10. The summed E-state index contributed by atoms with van der Waals surface area (Å²) in [6, 6.07) is 0.674. The van der Waals surface area contributed by atoms with Crippen molar-refractivity contribution in [2.75, 3.05) is 13.1 Å². The van der Waals surface area contributed by atoms with E-state index in [9.17, 15) is 5.11 Å². The number of hydrogen-bond donors (Lipinski definition) is 3. The molecule has 3 heteroatoms. The van der Waals surface area contributed by atoms with E-state index in [0.717, 1.165) is 13.1 Å². The molecule has 0 bridgehead atoms. The molecule has 1 heterocycles. The molecule has 0 aromatic carbocycles. The van der Waals surface area contributed by atoms with Crippen molar-refractivity contribution < 1.29 is 5.11 Å². The summed E-state index contributed by atoms with van der Waals surface area (Å²) >= 11 is 0. The van der Waals surface area contributed by atoms with Gasteiger partial charge in [-0.3, -0.25) is 0 Å². The molecular formula is C10H22N2O. The SMILES string of the molecule is CC(NC1CCCNC1)C(C)(C)O. The Labute approximate surface area is 80.9 Å². The van der Waals surface area contributed by atoms with Gasteiger partial charge in [0.1, 0.15) is 0 Å². The van der Waals surface area contributed by atoms with Crippen LogP contribution in [0.4, 0.5) is 0 Å². The van der Waals surface area contributed by atoms with Crippen molar-refractivity contribution in [3.05, 3.63) is 0 Å². The fourth-order valence-corrected chi connectivity index (χ4v) is 1.55. The van der Waals surface area contributed by atoms with Gasteiger partial charge in [0.15, 0.2) is 0 Å². The minimum absolute atomic E-state index is 0.150. The molecule has 2 atom stereocenters. The van der Waals surface area contributed by atoms with Gasteiger partial charge in [0.2, 0.25) is 0 Å². The highest BCUT2D eigenvalue weighted by atomic mass is 16.3. The summed E-state index contributed by atoms with van der Waals surface area (Å²) < 4.78 is 0. The third-order valence-electron chi connectivity index (χ3n) is 2.84. The van der Waals surface area contributed by atoms with Crippen molar-refractivity contribution in [2.45, 2.75) is 51.3 Å². The van der Waals surface area contributed by atoms with Crippen molar-refractivity contribution in [1.82, 2.24) is 10.6 Å². The lowest BCUT2D eigenvalue weighted by molar-refractivity contribution is 0.0385. The molecule has 3 nitrogen and oxygen atoms in total. The van der Waals surface area contributed by atoms with Gasteiger partial charge < -0.3 is 15.7 Å². The first-order valence-electron chi connectivity index (χ1n) is 5.19. The molecule has 13 heavy (non-hydrogen) atoms. The lowest BCUT2D eigenvalue weighted by Gasteiger charge is -2.33. The van der Waals surface area contributed by atoms with Crippen LogP contribution >= 0.6 is 0 Å². The van der Waals surface area contributed by atoms with E-state index in [1.807, 2.05) is 20.8 Å². The summed E-state index contributed by atoms with van der Waals surface area (Å²) in [6.07, 6.45) is 2.45. The zero-order chi connectivity index (χ0) is 9.90. The second-order valence-electron chi connectivity index (χ2n) is 4.59. The molecular weight excluding hydrogens is 164 g/mol. The molecule has 2 unspecified atom stereocenters. The van der Waals surface area contributed by atoms with Gasteiger partial charge in [0, 0.05) is 18.6 Å². The van der Waals surface area contributed by atoms with Gasteiger partial charge >= 0.3 is 0 Å². The minimum Gasteiger partial charge on any atom is -0.389 e. The van der Waals surface area contributed by atoms with E-state index < -0.39 is 5.60 Å². The first-order chi connectivity index (χ1) is 6.00. The molecule has 1 aliphatic heterocycles. The van der Waals surface area contributed by atoms with Crippen LogP contribution in [-0.2, 0) is 0 Å². The van der Waals surface area contributed by atoms with Gasteiger partial charge in [-0.15, -0.1) is 0 Å². The summed E-state index contributed by atoms with van der Waals surface area (Å²) in [6.45, 7) is 7.89. The van der Waals surface area contributed by atoms with E-state index in [0.29, 0.717) is 6.04 Å². The molecule has 78 valence electrons. The minimum atomic E-state index is -0.628. The maximum atomic E-state index is 9.73. The first kappa shape index (κ1) is 11.0. The molecule has 0 spiro atoms. The molecule has 0 aliphatic carbocycles. The molecule has 1 aliphatic rings. The fourth-order valence-electron chi connectivity index (χ4n) is 1.55. The van der Waals surface area contributed by atoms with Crippen molar-refractivity contribution in [2.24, 2.45) is 0 Å². The maximum Gasteiger partial charge on any atom is 0.0741 e. The van der Waals surface area contributed by atoms with Gasteiger partial charge in [-0.1, -0.05) is 0 Å². The predicted molar refractivity (Wildman–Crippen MR) is 54.8 cm³/mol. The van der Waals surface area contributed by atoms with Crippen molar-refractivity contribution in [3.63, 3.8) is 0 Å². The van der Waals surface area contributed by atoms with Crippen LogP contribution < -0.4 is 10.6 Å². The zero-order valence-electron chi connectivity index (χ0n) is 8.93. The van der Waals surface area contributed by atoms with Crippen LogP contribution in [0.3, 0.4) is 0 Å². The van der Waals surface area contributed by atoms with Gasteiger partial charge in [-0.05, 0) is 40.2 Å². The summed E-state index contributed by atoms with van der Waals surface area (Å²) in [5.74, 6) is 0.